The molecule has 0 amide bonds. The Morgan fingerprint density at radius 3 is 2.50 bits per heavy atom. The summed E-state index contributed by atoms with van der Waals surface area (Å²) in [4.78, 5) is 31.7. The van der Waals surface area contributed by atoms with E-state index in [0.717, 1.165) is 16.6 Å². The van der Waals surface area contributed by atoms with Gasteiger partial charge in [-0.3, -0.25) is 9.89 Å². The molecule has 0 atom stereocenters. The van der Waals surface area contributed by atoms with E-state index < -0.39 is 23.2 Å². The molecule has 0 saturated heterocycles. The summed E-state index contributed by atoms with van der Waals surface area (Å²) in [5.41, 5.74) is 1.14. The number of hydrogen-bond acceptors (Lipinski definition) is 4. The first-order valence-corrected chi connectivity index (χ1v) is 8.12. The smallest absolute Gasteiger partial charge is 1.00 e. The Morgan fingerprint density at radius 1 is 1.17 bits per heavy atom. The molecule has 4 aromatic rings. The normalized spacial score (nSPS) is 10.4. The van der Waals surface area contributed by atoms with E-state index in [1.54, 1.807) is 6.92 Å². The minimum Gasteiger partial charge on any atom is -1.00 e. The molecule has 3 aromatic heterocycles. The Balaban J connectivity index is 0.00000240. The number of nitrogens with one attached hydrogen (secondary N) is 1. The number of fused-ring (bicyclic) bond motifs is 1. The van der Waals surface area contributed by atoms with E-state index in [4.69, 9.17) is 5.11 Å². The van der Waals surface area contributed by atoms with Crippen LogP contribution < -0.4 is 64.7 Å². The molecule has 0 radical (unpaired) electrons. The number of aromatic carboxylic acids is 1. The number of rotatable bonds is 3. The summed E-state index contributed by atoms with van der Waals surface area (Å²) in [7, 11) is 0. The second-order valence-electron chi connectivity index (χ2n) is 6.11. The van der Waals surface area contributed by atoms with Gasteiger partial charge in [0.25, 0.3) is 5.56 Å². The maximum Gasteiger partial charge on any atom is 1.00 e. The van der Waals surface area contributed by atoms with Crippen LogP contribution in [-0.4, -0.2) is 30.7 Å². The van der Waals surface area contributed by atoms with Gasteiger partial charge in [0.05, 0.1) is 5.69 Å². The van der Waals surface area contributed by atoms with Gasteiger partial charge in [0.1, 0.15) is 17.3 Å². The van der Waals surface area contributed by atoms with Crippen LogP contribution in [0.2, 0.25) is 0 Å². The molecule has 0 aliphatic carbocycles. The molecular formula is C19H14F2N4Na2O3. The molecule has 2 N–H and O–H groups in total. The maximum atomic E-state index is 14.3. The van der Waals surface area contributed by atoms with Gasteiger partial charge in [0.15, 0.2) is 5.65 Å². The van der Waals surface area contributed by atoms with Crippen molar-refractivity contribution >= 4 is 11.6 Å². The molecule has 4 rings (SSSR count). The van der Waals surface area contributed by atoms with Crippen molar-refractivity contribution in [2.75, 3.05) is 0 Å². The van der Waals surface area contributed by atoms with Gasteiger partial charge < -0.3 is 7.96 Å². The number of aryl methyl sites for hydroxylation is 1. The summed E-state index contributed by atoms with van der Waals surface area (Å²) in [6.07, 6.45) is 1.29. The van der Waals surface area contributed by atoms with Crippen LogP contribution in [-0.2, 0) is 0 Å². The monoisotopic (exact) mass is 430 g/mol. The van der Waals surface area contributed by atoms with E-state index in [9.17, 15) is 18.4 Å². The van der Waals surface area contributed by atoms with Gasteiger partial charge >= 0.3 is 65.1 Å². The molecular weight excluding hydrogens is 416 g/mol. The summed E-state index contributed by atoms with van der Waals surface area (Å²) >= 11 is 0. The Bertz CT molecular complexity index is 1310. The fourth-order valence-electron chi connectivity index (χ4n) is 2.98. The first kappa shape index (κ1) is 24.4. The van der Waals surface area contributed by atoms with Crippen LogP contribution in [0.1, 0.15) is 19.0 Å². The Labute approximate surface area is 215 Å². The first-order chi connectivity index (χ1) is 13.3. The van der Waals surface area contributed by atoms with Crippen LogP contribution in [0.15, 0.2) is 47.4 Å². The summed E-state index contributed by atoms with van der Waals surface area (Å²) in [5.74, 6) is -2.67. The van der Waals surface area contributed by atoms with Crippen molar-refractivity contribution in [3.8, 4) is 22.4 Å². The van der Waals surface area contributed by atoms with E-state index in [1.165, 1.54) is 30.5 Å². The van der Waals surface area contributed by atoms with Crippen molar-refractivity contribution in [3.63, 3.8) is 0 Å². The molecule has 30 heavy (non-hydrogen) atoms. The molecule has 0 spiro atoms. The maximum absolute atomic E-state index is 14.3. The number of nitrogens with zero attached hydrogens (tertiary/aromatic N) is 3. The van der Waals surface area contributed by atoms with E-state index >= 15 is 0 Å². The van der Waals surface area contributed by atoms with Crippen molar-refractivity contribution in [1.82, 2.24) is 19.6 Å². The van der Waals surface area contributed by atoms with E-state index in [2.05, 4.69) is 15.1 Å². The Morgan fingerprint density at radius 2 is 1.90 bits per heavy atom. The van der Waals surface area contributed by atoms with Crippen molar-refractivity contribution in [2.45, 2.75) is 6.92 Å². The average Bonchev–Trinajstić information content (AvgIpc) is 2.98. The van der Waals surface area contributed by atoms with Crippen molar-refractivity contribution < 1.29 is 80.6 Å². The number of carboxylic acid groups (broad SMARTS) is 1. The van der Waals surface area contributed by atoms with Gasteiger partial charge in [-0.15, -0.1) is 0 Å². The molecule has 0 saturated carbocycles. The third kappa shape index (κ3) is 4.41. The summed E-state index contributed by atoms with van der Waals surface area (Å²) in [6, 6.07) is 7.19. The molecule has 1 aromatic carbocycles. The van der Waals surface area contributed by atoms with Crippen molar-refractivity contribution in [3.05, 3.63) is 76.0 Å². The van der Waals surface area contributed by atoms with Crippen LogP contribution in [0, 0.1) is 18.6 Å². The molecule has 3 heterocycles. The number of H-pyrrole nitrogens is 1. The summed E-state index contributed by atoms with van der Waals surface area (Å²) < 4.78 is 28.8. The third-order valence-corrected chi connectivity index (χ3v) is 4.28. The number of carboxylic acids is 1. The predicted octanol–water partition coefficient (Wildman–Crippen LogP) is -2.73. The molecule has 0 aliphatic rings. The standard InChI is InChI=1S/C19H12F2N4O3.2Na.2H/c1-9-17(12-4-3-11(20)6-13(12)21)18-23-15(7-16(26)25(18)24-9)10-2-5-14(19(27)28)22-8-10;;;;/h2-8,24H,1H3,(H,27,28);;;;/q;2*+1;2*-1. The third-order valence-electron chi connectivity index (χ3n) is 4.28. The average molecular weight is 430 g/mol. The topological polar surface area (TPSA) is 100 Å². The van der Waals surface area contributed by atoms with Gasteiger partial charge in [-0.1, -0.05) is 0 Å². The van der Waals surface area contributed by atoms with Gasteiger partial charge in [-0.05, 0) is 31.2 Å². The minimum atomic E-state index is -1.18. The van der Waals surface area contributed by atoms with Gasteiger partial charge in [0.2, 0.25) is 0 Å². The van der Waals surface area contributed by atoms with E-state index in [-0.39, 0.29) is 84.6 Å². The second kappa shape index (κ2) is 9.51. The SMILES string of the molecule is Cc1[nH]n2c(=O)cc(-c3ccc(C(=O)O)nc3)nc2c1-c1ccc(F)cc1F.[H-].[H-].[Na+].[Na+]. The zero-order valence-electron chi connectivity index (χ0n) is 18.4. The van der Waals surface area contributed by atoms with Crippen LogP contribution in [0.4, 0.5) is 8.78 Å². The van der Waals surface area contributed by atoms with Crippen LogP contribution >= 0.6 is 0 Å². The van der Waals surface area contributed by atoms with E-state index in [1.807, 2.05) is 0 Å². The minimum absolute atomic E-state index is 0. The molecule has 0 aliphatic heterocycles. The molecule has 0 unspecified atom stereocenters. The fraction of sp³-hybridized carbons (Fsp3) is 0.0526. The van der Waals surface area contributed by atoms with E-state index in [0.29, 0.717) is 16.8 Å². The predicted molar refractivity (Wildman–Crippen MR) is 98.3 cm³/mol. The van der Waals surface area contributed by atoms with Crippen LogP contribution in [0.3, 0.4) is 0 Å². The quantitative estimate of drug-likeness (QED) is 0.344. The Kier molecular flexibility index (Phi) is 7.73. The zero-order valence-corrected chi connectivity index (χ0v) is 20.4. The molecule has 7 nitrogen and oxygen atoms in total. The van der Waals surface area contributed by atoms with Crippen molar-refractivity contribution in [2.24, 2.45) is 0 Å². The number of benzene rings is 1. The largest absolute Gasteiger partial charge is 1.00 e. The zero-order chi connectivity index (χ0) is 20.0. The van der Waals surface area contributed by atoms with Crippen LogP contribution in [0.5, 0.6) is 0 Å². The van der Waals surface area contributed by atoms with Gasteiger partial charge in [-0.2, -0.15) is 0 Å². The van der Waals surface area contributed by atoms with Gasteiger partial charge in [0, 0.05) is 40.7 Å². The number of carbonyl (C=O) groups is 1. The molecule has 144 valence electrons. The molecule has 11 heteroatoms. The number of pyridine rings is 1. The fourth-order valence-corrected chi connectivity index (χ4v) is 2.98. The number of aromatic amines is 1. The molecule has 0 bridgehead atoms. The number of hydrogen-bond donors (Lipinski definition) is 2. The summed E-state index contributed by atoms with van der Waals surface area (Å²) in [5, 5.41) is 11.8. The van der Waals surface area contributed by atoms with Crippen LogP contribution in [0.25, 0.3) is 28.0 Å². The summed E-state index contributed by atoms with van der Waals surface area (Å²) in [6.45, 7) is 1.65. The Hall–Kier alpha value is -1.88. The second-order valence-corrected chi connectivity index (χ2v) is 6.11. The first-order valence-electron chi connectivity index (χ1n) is 8.12. The van der Waals surface area contributed by atoms with Crippen molar-refractivity contribution in [1.29, 1.82) is 0 Å². The number of aromatic nitrogens is 4. The van der Waals surface area contributed by atoms with Gasteiger partial charge in [-0.25, -0.2) is 28.1 Å². The number of halogens is 2. The molecule has 0 fully saturated rings.